The Morgan fingerprint density at radius 1 is 1.16 bits per heavy atom. The van der Waals surface area contributed by atoms with Crippen molar-refractivity contribution in [2.24, 2.45) is 0 Å². The first-order valence-electron chi connectivity index (χ1n) is 6.36. The third-order valence-electron chi connectivity index (χ3n) is 3.12. The van der Waals surface area contributed by atoms with Crippen molar-refractivity contribution in [2.75, 3.05) is 6.54 Å². The summed E-state index contributed by atoms with van der Waals surface area (Å²) in [5.74, 6) is -0.178. The molecule has 2 aromatic rings. The smallest absolute Gasteiger partial charge is 0.126 e. The van der Waals surface area contributed by atoms with Gasteiger partial charge in [-0.3, -0.25) is 0 Å². The normalized spacial score (nSPS) is 12.4. The van der Waals surface area contributed by atoms with Gasteiger partial charge in [0.2, 0.25) is 0 Å². The summed E-state index contributed by atoms with van der Waals surface area (Å²) in [5, 5.41) is 4.05. The molecule has 0 fully saturated rings. The molecule has 0 heterocycles. The van der Waals surface area contributed by atoms with Gasteiger partial charge < -0.3 is 5.32 Å². The number of nitrogens with one attached hydrogen (secondary N) is 1. The monoisotopic (exact) mass is 277 g/mol. The minimum atomic E-state index is -0.178. The second-order valence-corrected chi connectivity index (χ2v) is 4.99. The van der Waals surface area contributed by atoms with Gasteiger partial charge in [0.15, 0.2) is 0 Å². The highest BCUT2D eigenvalue weighted by Crippen LogP contribution is 2.25. The SMILES string of the molecule is CCNC(c1cccc(Cl)c1)c1ccc(C)c(F)c1. The van der Waals surface area contributed by atoms with Crippen molar-refractivity contribution in [1.82, 2.24) is 5.32 Å². The summed E-state index contributed by atoms with van der Waals surface area (Å²) in [6, 6.07) is 13.0. The molecule has 1 N–H and O–H groups in total. The lowest BCUT2D eigenvalue weighted by atomic mass is 9.97. The van der Waals surface area contributed by atoms with Gasteiger partial charge in [0.25, 0.3) is 0 Å². The standard InChI is InChI=1S/C16H17ClFN/c1-3-19-16(12-5-4-6-14(17)9-12)13-8-7-11(2)15(18)10-13/h4-10,16,19H,3H2,1-2H3. The average molecular weight is 278 g/mol. The van der Waals surface area contributed by atoms with E-state index in [-0.39, 0.29) is 11.9 Å². The fraction of sp³-hybridized carbons (Fsp3) is 0.250. The van der Waals surface area contributed by atoms with Crippen LogP contribution in [0.4, 0.5) is 4.39 Å². The highest BCUT2D eigenvalue weighted by Gasteiger charge is 2.14. The van der Waals surface area contributed by atoms with Crippen molar-refractivity contribution in [2.45, 2.75) is 19.9 Å². The van der Waals surface area contributed by atoms with E-state index in [0.717, 1.165) is 17.7 Å². The molecule has 0 saturated heterocycles. The van der Waals surface area contributed by atoms with Gasteiger partial charge in [-0.15, -0.1) is 0 Å². The van der Waals surface area contributed by atoms with E-state index in [1.165, 1.54) is 0 Å². The van der Waals surface area contributed by atoms with E-state index in [1.807, 2.05) is 37.3 Å². The maximum Gasteiger partial charge on any atom is 0.126 e. The van der Waals surface area contributed by atoms with Crippen molar-refractivity contribution >= 4 is 11.6 Å². The molecule has 0 amide bonds. The fourth-order valence-electron chi connectivity index (χ4n) is 2.11. The first-order chi connectivity index (χ1) is 9.11. The van der Waals surface area contributed by atoms with Crippen LogP contribution in [0.15, 0.2) is 42.5 Å². The Bertz CT molecular complexity index is 568. The molecule has 3 heteroatoms. The van der Waals surface area contributed by atoms with Crippen molar-refractivity contribution in [3.05, 3.63) is 70.0 Å². The van der Waals surface area contributed by atoms with E-state index in [4.69, 9.17) is 11.6 Å². The number of hydrogen-bond donors (Lipinski definition) is 1. The molecule has 2 aromatic carbocycles. The van der Waals surface area contributed by atoms with E-state index in [9.17, 15) is 4.39 Å². The zero-order valence-corrected chi connectivity index (χ0v) is 11.8. The maximum absolute atomic E-state index is 13.7. The summed E-state index contributed by atoms with van der Waals surface area (Å²) in [6.07, 6.45) is 0. The van der Waals surface area contributed by atoms with E-state index in [1.54, 1.807) is 19.1 Å². The van der Waals surface area contributed by atoms with Gasteiger partial charge in [0, 0.05) is 5.02 Å². The molecule has 0 aliphatic carbocycles. The Hall–Kier alpha value is -1.38. The van der Waals surface area contributed by atoms with E-state index >= 15 is 0 Å². The molecular formula is C16H17ClFN. The first kappa shape index (κ1) is 14.0. The predicted octanol–water partition coefficient (Wildman–Crippen LogP) is 4.49. The predicted molar refractivity (Wildman–Crippen MR) is 78.1 cm³/mol. The highest BCUT2D eigenvalue weighted by atomic mass is 35.5. The van der Waals surface area contributed by atoms with Crippen LogP contribution >= 0.6 is 11.6 Å². The Morgan fingerprint density at radius 2 is 1.89 bits per heavy atom. The Labute approximate surface area is 118 Å². The summed E-state index contributed by atoms with van der Waals surface area (Å²) in [5.41, 5.74) is 2.61. The molecule has 0 bridgehead atoms. The minimum absolute atomic E-state index is 0.0428. The number of benzene rings is 2. The molecule has 0 aromatic heterocycles. The van der Waals surface area contributed by atoms with Gasteiger partial charge in [-0.25, -0.2) is 4.39 Å². The van der Waals surface area contributed by atoms with Gasteiger partial charge in [-0.2, -0.15) is 0 Å². The molecule has 0 aliphatic heterocycles. The second-order valence-electron chi connectivity index (χ2n) is 4.55. The number of rotatable bonds is 4. The lowest BCUT2D eigenvalue weighted by Crippen LogP contribution is -2.22. The van der Waals surface area contributed by atoms with Crippen LogP contribution in [0.3, 0.4) is 0 Å². The summed E-state index contributed by atoms with van der Waals surface area (Å²) in [4.78, 5) is 0. The number of aryl methyl sites for hydroxylation is 1. The van der Waals surface area contributed by atoms with Gasteiger partial charge in [0.05, 0.1) is 6.04 Å². The van der Waals surface area contributed by atoms with E-state index in [2.05, 4.69) is 5.32 Å². The van der Waals surface area contributed by atoms with Gasteiger partial charge in [0.1, 0.15) is 5.82 Å². The highest BCUT2D eigenvalue weighted by molar-refractivity contribution is 6.30. The summed E-state index contributed by atoms with van der Waals surface area (Å²) in [6.45, 7) is 4.59. The molecule has 1 atom stereocenters. The van der Waals surface area contributed by atoms with Gasteiger partial charge >= 0.3 is 0 Å². The molecule has 0 aliphatic rings. The van der Waals surface area contributed by atoms with Crippen molar-refractivity contribution < 1.29 is 4.39 Å². The average Bonchev–Trinajstić information content (AvgIpc) is 2.39. The van der Waals surface area contributed by atoms with Crippen LogP contribution in [0.5, 0.6) is 0 Å². The topological polar surface area (TPSA) is 12.0 Å². The third-order valence-corrected chi connectivity index (χ3v) is 3.35. The Morgan fingerprint density at radius 3 is 2.53 bits per heavy atom. The largest absolute Gasteiger partial charge is 0.307 e. The molecule has 2 rings (SSSR count). The lowest BCUT2D eigenvalue weighted by Gasteiger charge is -2.19. The molecular weight excluding hydrogens is 261 g/mol. The minimum Gasteiger partial charge on any atom is -0.307 e. The second kappa shape index (κ2) is 6.18. The zero-order valence-electron chi connectivity index (χ0n) is 11.1. The molecule has 1 unspecified atom stereocenters. The third kappa shape index (κ3) is 3.34. The van der Waals surface area contributed by atoms with Crippen LogP contribution in [0.25, 0.3) is 0 Å². The van der Waals surface area contributed by atoms with Crippen LogP contribution in [0.1, 0.15) is 29.7 Å². The number of halogens is 2. The Kier molecular flexibility index (Phi) is 4.56. The van der Waals surface area contributed by atoms with Crippen molar-refractivity contribution in [3.63, 3.8) is 0 Å². The quantitative estimate of drug-likeness (QED) is 0.868. The van der Waals surface area contributed by atoms with Crippen LogP contribution in [0.2, 0.25) is 5.02 Å². The molecule has 1 nitrogen and oxygen atoms in total. The van der Waals surface area contributed by atoms with Crippen LogP contribution in [-0.4, -0.2) is 6.54 Å². The summed E-state index contributed by atoms with van der Waals surface area (Å²) < 4.78 is 13.7. The zero-order chi connectivity index (χ0) is 13.8. The molecule has 0 saturated carbocycles. The molecule has 0 radical (unpaired) electrons. The summed E-state index contributed by atoms with van der Waals surface area (Å²) in [7, 11) is 0. The summed E-state index contributed by atoms with van der Waals surface area (Å²) >= 11 is 6.03. The molecule has 0 spiro atoms. The van der Waals surface area contributed by atoms with Gasteiger partial charge in [-0.1, -0.05) is 42.8 Å². The van der Waals surface area contributed by atoms with E-state index < -0.39 is 0 Å². The first-order valence-corrected chi connectivity index (χ1v) is 6.74. The van der Waals surface area contributed by atoms with E-state index in [0.29, 0.717) is 10.6 Å². The molecule has 19 heavy (non-hydrogen) atoms. The fourth-order valence-corrected chi connectivity index (χ4v) is 2.31. The van der Waals surface area contributed by atoms with Crippen LogP contribution in [0, 0.1) is 12.7 Å². The Balaban J connectivity index is 2.42. The van der Waals surface area contributed by atoms with Gasteiger partial charge in [-0.05, 0) is 48.4 Å². The van der Waals surface area contributed by atoms with Crippen molar-refractivity contribution in [3.8, 4) is 0 Å². The van der Waals surface area contributed by atoms with Crippen LogP contribution < -0.4 is 5.32 Å². The van der Waals surface area contributed by atoms with Crippen molar-refractivity contribution in [1.29, 1.82) is 0 Å². The lowest BCUT2D eigenvalue weighted by molar-refractivity contribution is 0.597. The number of hydrogen-bond acceptors (Lipinski definition) is 1. The van der Waals surface area contributed by atoms with Crippen LogP contribution in [-0.2, 0) is 0 Å². The maximum atomic E-state index is 13.7. The molecule has 100 valence electrons.